The SMILES string of the molecule is N#CCC(NC1CCCC1)C1C2CC3CC(C2)CC1C3. The molecule has 5 aliphatic carbocycles. The lowest BCUT2D eigenvalue weighted by Crippen LogP contribution is -2.54. The molecule has 4 bridgehead atoms. The zero-order valence-corrected chi connectivity index (χ0v) is 12.6. The van der Waals surface area contributed by atoms with E-state index >= 15 is 0 Å². The van der Waals surface area contributed by atoms with Crippen molar-refractivity contribution in [2.24, 2.45) is 29.6 Å². The molecule has 1 unspecified atom stereocenters. The van der Waals surface area contributed by atoms with E-state index in [1.807, 2.05) is 0 Å². The summed E-state index contributed by atoms with van der Waals surface area (Å²) in [5.74, 6) is 4.80. The van der Waals surface area contributed by atoms with Crippen LogP contribution in [0, 0.1) is 40.9 Å². The topological polar surface area (TPSA) is 35.8 Å². The molecule has 0 aromatic carbocycles. The largest absolute Gasteiger partial charge is 0.310 e. The van der Waals surface area contributed by atoms with E-state index < -0.39 is 0 Å². The summed E-state index contributed by atoms with van der Waals surface area (Å²) < 4.78 is 0. The van der Waals surface area contributed by atoms with E-state index in [9.17, 15) is 5.26 Å². The van der Waals surface area contributed by atoms with E-state index in [1.165, 1.54) is 57.8 Å². The average Bonchev–Trinajstić information content (AvgIpc) is 2.90. The molecule has 5 aliphatic rings. The molecule has 0 saturated heterocycles. The van der Waals surface area contributed by atoms with Gasteiger partial charge in [0.2, 0.25) is 0 Å². The molecule has 0 spiro atoms. The van der Waals surface area contributed by atoms with Gasteiger partial charge in [-0.2, -0.15) is 5.26 Å². The molecule has 0 amide bonds. The summed E-state index contributed by atoms with van der Waals surface area (Å²) >= 11 is 0. The Labute approximate surface area is 123 Å². The van der Waals surface area contributed by atoms with Crippen LogP contribution in [-0.2, 0) is 0 Å². The minimum atomic E-state index is 0.498. The first kappa shape index (κ1) is 13.1. The Hall–Kier alpha value is -0.550. The van der Waals surface area contributed by atoms with Crippen LogP contribution in [-0.4, -0.2) is 12.1 Å². The molecule has 5 fully saturated rings. The van der Waals surface area contributed by atoms with Gasteiger partial charge in [0.1, 0.15) is 0 Å². The Bertz CT molecular complexity index is 363. The summed E-state index contributed by atoms with van der Waals surface area (Å²) in [6.07, 6.45) is 13.6. The Balaban J connectivity index is 1.49. The molecule has 5 rings (SSSR count). The third-order valence-electron chi connectivity index (χ3n) is 6.88. The molecule has 1 atom stereocenters. The molecule has 110 valence electrons. The predicted octanol–water partition coefficient (Wildman–Crippen LogP) is 3.87. The highest BCUT2D eigenvalue weighted by Gasteiger charge is 2.50. The smallest absolute Gasteiger partial charge is 0.0638 e. The second-order valence-corrected chi connectivity index (χ2v) is 8.12. The van der Waals surface area contributed by atoms with Crippen molar-refractivity contribution in [1.82, 2.24) is 5.32 Å². The molecule has 1 N–H and O–H groups in total. The van der Waals surface area contributed by atoms with Crippen molar-refractivity contribution >= 4 is 0 Å². The van der Waals surface area contributed by atoms with E-state index in [1.54, 1.807) is 0 Å². The van der Waals surface area contributed by atoms with Crippen molar-refractivity contribution in [3.63, 3.8) is 0 Å². The van der Waals surface area contributed by atoms with E-state index in [2.05, 4.69) is 11.4 Å². The van der Waals surface area contributed by atoms with Crippen molar-refractivity contribution in [2.45, 2.75) is 76.3 Å². The van der Waals surface area contributed by atoms with Gasteiger partial charge >= 0.3 is 0 Å². The zero-order chi connectivity index (χ0) is 13.5. The normalized spacial score (nSPS) is 44.6. The number of hydrogen-bond donors (Lipinski definition) is 1. The molecule has 0 radical (unpaired) electrons. The molecular formula is C18H28N2. The first-order valence-electron chi connectivity index (χ1n) is 8.96. The fourth-order valence-corrected chi connectivity index (χ4v) is 6.42. The van der Waals surface area contributed by atoms with Crippen LogP contribution in [0.5, 0.6) is 0 Å². The number of hydrogen-bond acceptors (Lipinski definition) is 2. The van der Waals surface area contributed by atoms with Crippen molar-refractivity contribution in [3.8, 4) is 6.07 Å². The number of nitriles is 1. The Morgan fingerprint density at radius 2 is 1.55 bits per heavy atom. The zero-order valence-electron chi connectivity index (χ0n) is 12.6. The van der Waals surface area contributed by atoms with Crippen LogP contribution in [0.1, 0.15) is 64.2 Å². The molecule has 0 heterocycles. The van der Waals surface area contributed by atoms with Crippen LogP contribution in [0.2, 0.25) is 0 Å². The van der Waals surface area contributed by atoms with Crippen molar-refractivity contribution < 1.29 is 0 Å². The summed E-state index contributed by atoms with van der Waals surface area (Å²) in [4.78, 5) is 0. The van der Waals surface area contributed by atoms with Crippen LogP contribution >= 0.6 is 0 Å². The van der Waals surface area contributed by atoms with Crippen molar-refractivity contribution in [3.05, 3.63) is 0 Å². The van der Waals surface area contributed by atoms with Crippen molar-refractivity contribution in [1.29, 1.82) is 5.26 Å². The molecule has 5 saturated carbocycles. The Morgan fingerprint density at radius 1 is 0.950 bits per heavy atom. The monoisotopic (exact) mass is 272 g/mol. The molecular weight excluding hydrogens is 244 g/mol. The molecule has 2 nitrogen and oxygen atoms in total. The molecule has 2 heteroatoms. The minimum Gasteiger partial charge on any atom is -0.310 e. The maximum Gasteiger partial charge on any atom is 0.0638 e. The van der Waals surface area contributed by atoms with Gasteiger partial charge in [-0.15, -0.1) is 0 Å². The van der Waals surface area contributed by atoms with Gasteiger partial charge in [0.05, 0.1) is 12.5 Å². The minimum absolute atomic E-state index is 0.498. The summed E-state index contributed by atoms with van der Waals surface area (Å²) in [7, 11) is 0. The van der Waals surface area contributed by atoms with Gasteiger partial charge in [-0.25, -0.2) is 0 Å². The van der Waals surface area contributed by atoms with Gasteiger partial charge in [0.25, 0.3) is 0 Å². The molecule has 0 aromatic rings. The second-order valence-electron chi connectivity index (χ2n) is 8.12. The highest BCUT2D eigenvalue weighted by atomic mass is 15.0. The quantitative estimate of drug-likeness (QED) is 0.843. The molecule has 20 heavy (non-hydrogen) atoms. The lowest BCUT2D eigenvalue weighted by Gasteiger charge is -2.56. The summed E-state index contributed by atoms with van der Waals surface area (Å²) in [6, 6.07) is 3.70. The first-order chi connectivity index (χ1) is 9.83. The van der Waals surface area contributed by atoms with Crippen LogP contribution in [0.3, 0.4) is 0 Å². The number of nitrogens with zero attached hydrogens (tertiary/aromatic N) is 1. The number of rotatable bonds is 4. The first-order valence-corrected chi connectivity index (χ1v) is 8.96. The lowest BCUT2D eigenvalue weighted by atomic mass is 9.50. The highest BCUT2D eigenvalue weighted by molar-refractivity contribution is 5.03. The van der Waals surface area contributed by atoms with Crippen molar-refractivity contribution in [2.75, 3.05) is 0 Å². The Kier molecular flexibility index (Phi) is 3.50. The summed E-state index contributed by atoms with van der Waals surface area (Å²) in [5, 5.41) is 13.2. The van der Waals surface area contributed by atoms with Gasteiger partial charge in [-0.1, -0.05) is 12.8 Å². The molecule has 0 aromatic heterocycles. The van der Waals surface area contributed by atoms with E-state index in [4.69, 9.17) is 0 Å². The maximum absolute atomic E-state index is 9.28. The third-order valence-corrected chi connectivity index (χ3v) is 6.88. The number of nitrogens with one attached hydrogen (secondary N) is 1. The predicted molar refractivity (Wildman–Crippen MR) is 79.9 cm³/mol. The van der Waals surface area contributed by atoms with Crippen LogP contribution in [0.25, 0.3) is 0 Å². The third kappa shape index (κ3) is 2.29. The standard InChI is InChI=1S/C18H28N2/c19-6-5-17(20-16-3-1-2-4-16)18-14-8-12-7-13(10-14)11-15(18)9-12/h12-18,20H,1-5,7-11H2. The van der Waals surface area contributed by atoms with Gasteiger partial charge in [-0.3, -0.25) is 0 Å². The van der Waals surface area contributed by atoms with E-state index in [-0.39, 0.29) is 0 Å². The molecule has 0 aliphatic heterocycles. The lowest BCUT2D eigenvalue weighted by molar-refractivity contribution is -0.0525. The van der Waals surface area contributed by atoms with Crippen LogP contribution < -0.4 is 5.32 Å². The van der Waals surface area contributed by atoms with E-state index in [0.29, 0.717) is 12.1 Å². The van der Waals surface area contributed by atoms with E-state index in [0.717, 1.165) is 36.0 Å². The highest BCUT2D eigenvalue weighted by Crippen LogP contribution is 2.57. The second kappa shape index (κ2) is 5.34. The van der Waals surface area contributed by atoms with Gasteiger partial charge in [-0.05, 0) is 74.5 Å². The summed E-state index contributed by atoms with van der Waals surface area (Å²) in [5.41, 5.74) is 0. The van der Waals surface area contributed by atoms with Gasteiger partial charge < -0.3 is 5.32 Å². The fraction of sp³-hybridized carbons (Fsp3) is 0.944. The van der Waals surface area contributed by atoms with Gasteiger partial charge in [0, 0.05) is 12.1 Å². The maximum atomic E-state index is 9.28. The summed E-state index contributed by atoms with van der Waals surface area (Å²) in [6.45, 7) is 0. The average molecular weight is 272 g/mol. The Morgan fingerprint density at radius 3 is 2.10 bits per heavy atom. The fourth-order valence-electron chi connectivity index (χ4n) is 6.42. The van der Waals surface area contributed by atoms with Crippen LogP contribution in [0.4, 0.5) is 0 Å². The van der Waals surface area contributed by atoms with Crippen LogP contribution in [0.15, 0.2) is 0 Å². The van der Waals surface area contributed by atoms with Gasteiger partial charge in [0.15, 0.2) is 0 Å².